The smallest absolute Gasteiger partial charge is 0.245 e. The van der Waals surface area contributed by atoms with Crippen LogP contribution in [0.5, 0.6) is 0 Å². The molecule has 1 saturated heterocycles. The molecule has 6 heteroatoms. The van der Waals surface area contributed by atoms with E-state index in [4.69, 9.17) is 0 Å². The number of likely N-dealkylation sites (tertiary alicyclic amines) is 1. The molecule has 4 nitrogen and oxygen atoms in total. The number of carbonyl (C=O) groups is 2. The van der Waals surface area contributed by atoms with Crippen molar-refractivity contribution in [1.82, 2.24) is 10.2 Å². The SMILES string of the molecule is Cc1cc(Br)ccc1SCC(=O)N[C@H](C(=O)N1CCCC1)C(C)C. The predicted molar refractivity (Wildman–Crippen MR) is 102 cm³/mol. The Morgan fingerprint density at radius 2 is 1.96 bits per heavy atom. The first-order chi connectivity index (χ1) is 11.4. The van der Waals surface area contributed by atoms with E-state index in [2.05, 4.69) is 21.2 Å². The molecule has 1 aromatic carbocycles. The summed E-state index contributed by atoms with van der Waals surface area (Å²) < 4.78 is 1.03. The highest BCUT2D eigenvalue weighted by Gasteiger charge is 2.29. The van der Waals surface area contributed by atoms with Gasteiger partial charge in [0.1, 0.15) is 6.04 Å². The van der Waals surface area contributed by atoms with Crippen molar-refractivity contribution in [2.75, 3.05) is 18.8 Å². The fourth-order valence-corrected chi connectivity index (χ4v) is 4.08. The molecule has 1 heterocycles. The van der Waals surface area contributed by atoms with Crippen LogP contribution in [0.4, 0.5) is 0 Å². The lowest BCUT2D eigenvalue weighted by molar-refractivity contribution is -0.136. The average molecular weight is 413 g/mol. The third kappa shape index (κ3) is 5.24. The summed E-state index contributed by atoms with van der Waals surface area (Å²) in [6, 6.07) is 5.59. The van der Waals surface area contributed by atoms with E-state index in [1.807, 2.05) is 43.9 Å². The van der Waals surface area contributed by atoms with Crippen LogP contribution in [0, 0.1) is 12.8 Å². The van der Waals surface area contributed by atoms with E-state index in [0.717, 1.165) is 40.9 Å². The molecule has 0 spiro atoms. The minimum absolute atomic E-state index is 0.0562. The molecule has 1 aromatic rings. The molecule has 1 atom stereocenters. The summed E-state index contributed by atoms with van der Waals surface area (Å²) in [7, 11) is 0. The topological polar surface area (TPSA) is 49.4 Å². The largest absolute Gasteiger partial charge is 0.343 e. The number of carbonyl (C=O) groups excluding carboxylic acids is 2. The molecule has 0 saturated carbocycles. The highest BCUT2D eigenvalue weighted by molar-refractivity contribution is 9.10. The van der Waals surface area contributed by atoms with Gasteiger partial charge in [-0.05, 0) is 49.4 Å². The molecule has 0 bridgehead atoms. The van der Waals surface area contributed by atoms with Crippen LogP contribution >= 0.6 is 27.7 Å². The minimum atomic E-state index is -0.429. The van der Waals surface area contributed by atoms with Gasteiger partial charge in [0.2, 0.25) is 11.8 Å². The van der Waals surface area contributed by atoms with E-state index in [1.54, 1.807) is 0 Å². The molecular weight excluding hydrogens is 388 g/mol. The molecule has 2 amide bonds. The first kappa shape index (κ1) is 19.3. The van der Waals surface area contributed by atoms with Gasteiger partial charge in [-0.25, -0.2) is 0 Å². The van der Waals surface area contributed by atoms with Crippen LogP contribution in [0.2, 0.25) is 0 Å². The number of hydrogen-bond acceptors (Lipinski definition) is 3. The Hall–Kier alpha value is -1.01. The van der Waals surface area contributed by atoms with Gasteiger partial charge < -0.3 is 10.2 Å². The molecule has 1 aliphatic heterocycles. The molecule has 0 radical (unpaired) electrons. The second-order valence-electron chi connectivity index (χ2n) is 6.52. The van der Waals surface area contributed by atoms with Crippen molar-refractivity contribution in [3.8, 4) is 0 Å². The van der Waals surface area contributed by atoms with Gasteiger partial charge in [-0.2, -0.15) is 0 Å². The van der Waals surface area contributed by atoms with E-state index in [-0.39, 0.29) is 17.7 Å². The lowest BCUT2D eigenvalue weighted by Gasteiger charge is -2.26. The summed E-state index contributed by atoms with van der Waals surface area (Å²) in [6.07, 6.45) is 2.12. The molecule has 132 valence electrons. The zero-order chi connectivity index (χ0) is 17.7. The molecular formula is C18H25BrN2O2S. The number of nitrogens with zero attached hydrogens (tertiary/aromatic N) is 1. The van der Waals surface area contributed by atoms with Gasteiger partial charge in [-0.3, -0.25) is 9.59 Å². The van der Waals surface area contributed by atoms with Crippen molar-refractivity contribution in [2.45, 2.75) is 44.6 Å². The van der Waals surface area contributed by atoms with Gasteiger partial charge in [0.05, 0.1) is 5.75 Å². The molecule has 2 rings (SSSR count). The van der Waals surface area contributed by atoms with Crippen LogP contribution in [0.1, 0.15) is 32.3 Å². The Morgan fingerprint density at radius 1 is 1.29 bits per heavy atom. The number of amides is 2. The third-order valence-electron chi connectivity index (χ3n) is 4.16. The molecule has 1 aliphatic rings. The number of benzene rings is 1. The van der Waals surface area contributed by atoms with Crippen molar-refractivity contribution >= 4 is 39.5 Å². The summed E-state index contributed by atoms with van der Waals surface area (Å²) in [5, 5.41) is 2.93. The van der Waals surface area contributed by atoms with Crippen molar-refractivity contribution in [1.29, 1.82) is 0 Å². The lowest BCUT2D eigenvalue weighted by Crippen LogP contribution is -2.51. The zero-order valence-electron chi connectivity index (χ0n) is 14.5. The fourth-order valence-electron chi connectivity index (χ4n) is 2.78. The number of nitrogens with one attached hydrogen (secondary N) is 1. The normalized spacial score (nSPS) is 15.6. The van der Waals surface area contributed by atoms with E-state index in [1.165, 1.54) is 11.8 Å². The fraction of sp³-hybridized carbons (Fsp3) is 0.556. The number of halogens is 1. The maximum Gasteiger partial charge on any atom is 0.245 e. The van der Waals surface area contributed by atoms with Crippen molar-refractivity contribution in [3.05, 3.63) is 28.2 Å². The average Bonchev–Trinajstić information content (AvgIpc) is 3.05. The Balaban J connectivity index is 1.91. The summed E-state index contributed by atoms with van der Waals surface area (Å²) in [4.78, 5) is 27.9. The minimum Gasteiger partial charge on any atom is -0.343 e. The first-order valence-corrected chi connectivity index (χ1v) is 10.1. The van der Waals surface area contributed by atoms with Gasteiger partial charge in [0, 0.05) is 22.5 Å². The Bertz CT molecular complexity index is 601. The maximum atomic E-state index is 12.6. The highest BCUT2D eigenvalue weighted by Crippen LogP contribution is 2.25. The number of hydrogen-bond donors (Lipinski definition) is 1. The summed E-state index contributed by atoms with van der Waals surface area (Å²) in [6.45, 7) is 7.60. The second-order valence-corrected chi connectivity index (χ2v) is 8.45. The van der Waals surface area contributed by atoms with Crippen LogP contribution in [0.3, 0.4) is 0 Å². The molecule has 24 heavy (non-hydrogen) atoms. The first-order valence-electron chi connectivity index (χ1n) is 8.35. The van der Waals surface area contributed by atoms with Crippen LogP contribution in [0.15, 0.2) is 27.6 Å². The Kier molecular flexibility index (Phi) is 7.16. The van der Waals surface area contributed by atoms with Gasteiger partial charge in [-0.15, -0.1) is 11.8 Å². The van der Waals surface area contributed by atoms with Gasteiger partial charge >= 0.3 is 0 Å². The standard InChI is InChI=1S/C18H25BrN2O2S/c1-12(2)17(18(23)21-8-4-5-9-21)20-16(22)11-24-15-7-6-14(19)10-13(15)3/h6-7,10,12,17H,4-5,8-9,11H2,1-3H3,(H,20,22)/t17-/m0/s1. The zero-order valence-corrected chi connectivity index (χ0v) is 16.9. The van der Waals surface area contributed by atoms with Crippen molar-refractivity contribution in [3.63, 3.8) is 0 Å². The summed E-state index contributed by atoms with van der Waals surface area (Å²) in [5.74, 6) is 0.370. The van der Waals surface area contributed by atoms with Crippen LogP contribution < -0.4 is 5.32 Å². The van der Waals surface area contributed by atoms with Crippen molar-refractivity contribution in [2.24, 2.45) is 5.92 Å². The lowest BCUT2D eigenvalue weighted by atomic mass is 10.0. The third-order valence-corrected chi connectivity index (χ3v) is 5.83. The summed E-state index contributed by atoms with van der Waals surface area (Å²) in [5.41, 5.74) is 1.13. The van der Waals surface area contributed by atoms with E-state index >= 15 is 0 Å². The Morgan fingerprint density at radius 3 is 2.54 bits per heavy atom. The monoisotopic (exact) mass is 412 g/mol. The van der Waals surface area contributed by atoms with Crippen LogP contribution in [-0.2, 0) is 9.59 Å². The second kappa shape index (κ2) is 8.90. The van der Waals surface area contributed by atoms with Gasteiger partial charge in [0.25, 0.3) is 0 Å². The molecule has 0 aliphatic carbocycles. The predicted octanol–water partition coefficient (Wildman–Crippen LogP) is 3.61. The number of rotatable bonds is 6. The molecule has 1 N–H and O–H groups in total. The van der Waals surface area contributed by atoms with Crippen LogP contribution in [-0.4, -0.2) is 41.6 Å². The molecule has 0 unspecified atom stereocenters. The number of aryl methyl sites for hydroxylation is 1. The van der Waals surface area contributed by atoms with Crippen LogP contribution in [0.25, 0.3) is 0 Å². The molecule has 0 aromatic heterocycles. The van der Waals surface area contributed by atoms with Gasteiger partial charge in [-0.1, -0.05) is 29.8 Å². The van der Waals surface area contributed by atoms with E-state index < -0.39 is 6.04 Å². The summed E-state index contributed by atoms with van der Waals surface area (Å²) >= 11 is 4.95. The Labute approximate surface area is 156 Å². The van der Waals surface area contributed by atoms with Crippen molar-refractivity contribution < 1.29 is 9.59 Å². The van der Waals surface area contributed by atoms with E-state index in [9.17, 15) is 9.59 Å². The number of thioether (sulfide) groups is 1. The van der Waals surface area contributed by atoms with Gasteiger partial charge in [0.15, 0.2) is 0 Å². The maximum absolute atomic E-state index is 12.6. The quantitative estimate of drug-likeness (QED) is 0.725. The highest BCUT2D eigenvalue weighted by atomic mass is 79.9. The van der Waals surface area contributed by atoms with E-state index in [0.29, 0.717) is 5.75 Å². The molecule has 1 fully saturated rings.